The molecule has 98 valence electrons. The van der Waals surface area contributed by atoms with Gasteiger partial charge in [0.1, 0.15) is 0 Å². The van der Waals surface area contributed by atoms with E-state index in [-0.39, 0.29) is 18.3 Å². The molecule has 0 amide bonds. The summed E-state index contributed by atoms with van der Waals surface area (Å²) >= 11 is 5.66. The lowest BCUT2D eigenvalue weighted by molar-refractivity contribution is 0.00578. The van der Waals surface area contributed by atoms with Crippen molar-refractivity contribution >= 4 is 18.7 Å². The maximum atomic E-state index is 5.92. The van der Waals surface area contributed by atoms with E-state index in [1.165, 1.54) is 5.57 Å². The molecule has 0 unspecified atom stereocenters. The van der Waals surface area contributed by atoms with Crippen molar-refractivity contribution in [1.82, 2.24) is 0 Å². The minimum Gasteiger partial charge on any atom is -0.400 e. The third-order valence-electron chi connectivity index (χ3n) is 3.65. The van der Waals surface area contributed by atoms with Gasteiger partial charge in [-0.05, 0) is 53.9 Å². The van der Waals surface area contributed by atoms with Crippen molar-refractivity contribution in [3.8, 4) is 0 Å². The van der Waals surface area contributed by atoms with E-state index in [0.717, 1.165) is 25.1 Å². The Morgan fingerprint density at radius 3 is 2.12 bits per heavy atom. The molecular weight excluding hydrogens is 234 g/mol. The average Bonchev–Trinajstić information content (AvgIpc) is 2.35. The first-order valence-electron chi connectivity index (χ1n) is 6.37. The number of allylic oxidation sites excluding steroid dienone is 1. The van der Waals surface area contributed by atoms with Crippen LogP contribution in [0.3, 0.4) is 0 Å². The van der Waals surface area contributed by atoms with Gasteiger partial charge in [0.2, 0.25) is 0 Å². The number of hydrogen-bond acceptors (Lipinski definition) is 2. The van der Waals surface area contributed by atoms with Crippen LogP contribution in [-0.2, 0) is 9.31 Å². The summed E-state index contributed by atoms with van der Waals surface area (Å²) in [6.45, 7) is 10.4. The van der Waals surface area contributed by atoms with Crippen LogP contribution in [0.1, 0.15) is 53.9 Å². The maximum absolute atomic E-state index is 5.92. The molecule has 1 rings (SSSR count). The Morgan fingerprint density at radius 2 is 1.65 bits per heavy atom. The SMILES string of the molecule is C/C(=C\B1OC(C)(C)C(C)(C)O1)CCCCCl. The maximum Gasteiger partial charge on any atom is 0.487 e. The number of rotatable bonds is 5. The van der Waals surface area contributed by atoms with Gasteiger partial charge < -0.3 is 9.31 Å². The molecule has 0 bridgehead atoms. The van der Waals surface area contributed by atoms with E-state index in [0.29, 0.717) is 0 Å². The van der Waals surface area contributed by atoms with Crippen LogP contribution >= 0.6 is 11.6 Å². The summed E-state index contributed by atoms with van der Waals surface area (Å²) in [5.41, 5.74) is 0.823. The molecule has 0 saturated carbocycles. The van der Waals surface area contributed by atoms with Crippen molar-refractivity contribution in [1.29, 1.82) is 0 Å². The van der Waals surface area contributed by atoms with Crippen molar-refractivity contribution in [2.45, 2.75) is 65.1 Å². The second-order valence-corrected chi connectivity index (χ2v) is 6.16. The molecule has 0 atom stereocenters. The summed E-state index contributed by atoms with van der Waals surface area (Å²) in [6, 6.07) is 0. The van der Waals surface area contributed by atoms with E-state index < -0.39 is 0 Å². The van der Waals surface area contributed by atoms with Crippen LogP contribution in [0, 0.1) is 0 Å². The quantitative estimate of drug-likeness (QED) is 0.422. The number of unbranched alkanes of at least 4 members (excludes halogenated alkanes) is 1. The van der Waals surface area contributed by atoms with E-state index in [2.05, 4.69) is 40.6 Å². The lowest BCUT2D eigenvalue weighted by atomic mass is 9.86. The van der Waals surface area contributed by atoms with Gasteiger partial charge in [0.25, 0.3) is 0 Å². The summed E-state index contributed by atoms with van der Waals surface area (Å²) in [7, 11) is -0.212. The molecule has 0 N–H and O–H groups in total. The van der Waals surface area contributed by atoms with Crippen LogP contribution in [0.5, 0.6) is 0 Å². The van der Waals surface area contributed by atoms with Gasteiger partial charge >= 0.3 is 7.12 Å². The molecule has 1 saturated heterocycles. The van der Waals surface area contributed by atoms with Gasteiger partial charge in [-0.25, -0.2) is 0 Å². The molecule has 1 fully saturated rings. The third-order valence-corrected chi connectivity index (χ3v) is 3.91. The molecule has 4 heteroatoms. The molecular formula is C13H24BClO2. The minimum absolute atomic E-state index is 0.212. The monoisotopic (exact) mass is 258 g/mol. The third kappa shape index (κ3) is 4.01. The fourth-order valence-corrected chi connectivity index (χ4v) is 1.96. The van der Waals surface area contributed by atoms with Crippen LogP contribution in [0.4, 0.5) is 0 Å². The Labute approximate surface area is 111 Å². The smallest absolute Gasteiger partial charge is 0.400 e. The molecule has 1 aliphatic heterocycles. The van der Waals surface area contributed by atoms with Crippen LogP contribution in [0.15, 0.2) is 11.5 Å². The van der Waals surface area contributed by atoms with Crippen LogP contribution in [0.2, 0.25) is 0 Å². The molecule has 0 radical (unpaired) electrons. The van der Waals surface area contributed by atoms with Crippen molar-refractivity contribution < 1.29 is 9.31 Å². The minimum atomic E-state index is -0.245. The van der Waals surface area contributed by atoms with E-state index in [4.69, 9.17) is 20.9 Å². The van der Waals surface area contributed by atoms with Crippen LogP contribution in [-0.4, -0.2) is 24.2 Å². The Morgan fingerprint density at radius 1 is 1.12 bits per heavy atom. The summed E-state index contributed by atoms with van der Waals surface area (Å²) < 4.78 is 11.8. The molecule has 0 spiro atoms. The second kappa shape index (κ2) is 5.77. The average molecular weight is 259 g/mol. The zero-order valence-corrected chi connectivity index (χ0v) is 12.4. The molecule has 1 heterocycles. The molecule has 17 heavy (non-hydrogen) atoms. The number of halogens is 1. The lowest BCUT2D eigenvalue weighted by Crippen LogP contribution is -2.41. The standard InChI is InChI=1S/C13H24BClO2/c1-11(8-6-7-9-15)10-14-16-12(2,3)13(4,5)17-14/h10H,6-9H2,1-5H3/b11-10+. The zero-order chi connectivity index (χ0) is 13.1. The molecule has 0 aromatic carbocycles. The Kier molecular flexibility index (Phi) is 5.12. The van der Waals surface area contributed by atoms with Gasteiger partial charge in [-0.3, -0.25) is 0 Å². The summed E-state index contributed by atoms with van der Waals surface area (Å²) in [5, 5.41) is 0. The topological polar surface area (TPSA) is 18.5 Å². The van der Waals surface area contributed by atoms with E-state index in [1.54, 1.807) is 0 Å². The van der Waals surface area contributed by atoms with Crippen molar-refractivity contribution in [3.63, 3.8) is 0 Å². The molecule has 0 aromatic rings. The Hall–Kier alpha value is 0.0149. The Bertz CT molecular complexity index is 271. The fourth-order valence-electron chi connectivity index (χ4n) is 1.77. The first kappa shape index (κ1) is 15.1. The predicted octanol–water partition coefficient (Wildman–Crippen LogP) is 3.97. The summed E-state index contributed by atoms with van der Waals surface area (Å²) in [6.07, 6.45) is 3.26. The molecule has 1 aliphatic rings. The van der Waals surface area contributed by atoms with E-state index >= 15 is 0 Å². The zero-order valence-electron chi connectivity index (χ0n) is 11.7. The molecule has 0 aromatic heterocycles. The normalized spacial score (nSPS) is 23.2. The van der Waals surface area contributed by atoms with Crippen LogP contribution in [0.25, 0.3) is 0 Å². The first-order valence-corrected chi connectivity index (χ1v) is 6.91. The second-order valence-electron chi connectivity index (χ2n) is 5.78. The fraction of sp³-hybridized carbons (Fsp3) is 0.846. The van der Waals surface area contributed by atoms with Crippen molar-refractivity contribution in [3.05, 3.63) is 11.5 Å². The molecule has 0 aliphatic carbocycles. The van der Waals surface area contributed by atoms with Crippen molar-refractivity contribution in [2.24, 2.45) is 0 Å². The predicted molar refractivity (Wildman–Crippen MR) is 74.4 cm³/mol. The highest BCUT2D eigenvalue weighted by molar-refractivity contribution is 6.51. The lowest BCUT2D eigenvalue weighted by Gasteiger charge is -2.32. The van der Waals surface area contributed by atoms with Gasteiger partial charge in [-0.1, -0.05) is 11.5 Å². The highest BCUT2D eigenvalue weighted by atomic mass is 35.5. The summed E-state index contributed by atoms with van der Waals surface area (Å²) in [4.78, 5) is 0. The largest absolute Gasteiger partial charge is 0.487 e. The highest BCUT2D eigenvalue weighted by Crippen LogP contribution is 2.37. The Balaban J connectivity index is 2.51. The van der Waals surface area contributed by atoms with Gasteiger partial charge in [-0.15, -0.1) is 11.6 Å². The number of hydrogen-bond donors (Lipinski definition) is 0. The first-order chi connectivity index (χ1) is 7.78. The van der Waals surface area contributed by atoms with E-state index in [9.17, 15) is 0 Å². The highest BCUT2D eigenvalue weighted by Gasteiger charge is 2.50. The van der Waals surface area contributed by atoms with Gasteiger partial charge in [0, 0.05) is 5.88 Å². The van der Waals surface area contributed by atoms with Gasteiger partial charge in [0.15, 0.2) is 0 Å². The number of alkyl halides is 1. The van der Waals surface area contributed by atoms with Gasteiger partial charge in [-0.2, -0.15) is 0 Å². The summed E-state index contributed by atoms with van der Waals surface area (Å²) in [5.74, 6) is 2.83. The van der Waals surface area contributed by atoms with E-state index in [1.807, 2.05) is 0 Å². The van der Waals surface area contributed by atoms with Crippen LogP contribution < -0.4 is 0 Å². The van der Waals surface area contributed by atoms with Crippen molar-refractivity contribution in [2.75, 3.05) is 5.88 Å². The van der Waals surface area contributed by atoms with Gasteiger partial charge in [0.05, 0.1) is 11.2 Å². The molecule has 2 nitrogen and oxygen atoms in total.